The third-order valence-electron chi connectivity index (χ3n) is 13.3. The second-order valence-electron chi connectivity index (χ2n) is 16.3. The van der Waals surface area contributed by atoms with Crippen LogP contribution in [0, 0.1) is 0 Å². The van der Waals surface area contributed by atoms with Gasteiger partial charge in [0.05, 0.1) is 11.1 Å². The molecular weight excluding hydrogens is 727 g/mol. The fourth-order valence-electron chi connectivity index (χ4n) is 10.8. The molecule has 2 heteroatoms. The molecule has 0 saturated carbocycles. The van der Waals surface area contributed by atoms with Gasteiger partial charge in [0.2, 0.25) is 0 Å². The van der Waals surface area contributed by atoms with Gasteiger partial charge in [0, 0.05) is 38.8 Å². The molecule has 0 atom stereocenters. The highest BCUT2D eigenvalue weighted by Gasteiger charge is 2.51. The molecule has 13 rings (SSSR count). The van der Waals surface area contributed by atoms with Crippen LogP contribution < -0.4 is 9.64 Å². The Kier molecular flexibility index (Phi) is 7.03. The molecule has 10 aromatic carbocycles. The van der Waals surface area contributed by atoms with Crippen LogP contribution in [-0.2, 0) is 11.8 Å². The predicted molar refractivity (Wildman–Crippen MR) is 247 cm³/mol. The van der Waals surface area contributed by atoms with Crippen molar-refractivity contribution in [2.45, 2.75) is 11.8 Å². The average Bonchev–Trinajstić information content (AvgIpc) is 3.83. The van der Waals surface area contributed by atoms with E-state index in [2.05, 4.69) is 217 Å². The maximum Gasteiger partial charge on any atom is 0.140 e. The van der Waals surface area contributed by atoms with Crippen LogP contribution in [-0.4, -0.2) is 0 Å². The summed E-state index contributed by atoms with van der Waals surface area (Å²) < 4.78 is 7.18. The molecule has 0 N–H and O–H groups in total. The van der Waals surface area contributed by atoms with E-state index in [0.29, 0.717) is 0 Å². The molecule has 2 aliphatic carbocycles. The summed E-state index contributed by atoms with van der Waals surface area (Å²) in [4.78, 5) is 2.43. The van der Waals surface area contributed by atoms with E-state index in [9.17, 15) is 0 Å². The number of fused-ring (bicyclic) bond motifs is 16. The van der Waals surface area contributed by atoms with Crippen LogP contribution in [0.5, 0.6) is 11.5 Å². The molecule has 1 heterocycles. The third kappa shape index (κ3) is 4.59. The molecule has 0 aromatic heterocycles. The monoisotopic (exact) mass is 763 g/mol. The van der Waals surface area contributed by atoms with Gasteiger partial charge in [-0.1, -0.05) is 176 Å². The minimum atomic E-state index is -0.584. The van der Waals surface area contributed by atoms with E-state index in [1.54, 1.807) is 0 Å². The van der Waals surface area contributed by atoms with Crippen molar-refractivity contribution in [1.82, 2.24) is 0 Å². The topological polar surface area (TPSA) is 12.5 Å². The number of ether oxygens (including phenoxy) is 1. The summed E-state index contributed by atoms with van der Waals surface area (Å²) in [5.41, 5.74) is 18.0. The van der Waals surface area contributed by atoms with Crippen molar-refractivity contribution >= 4 is 38.6 Å². The van der Waals surface area contributed by atoms with E-state index < -0.39 is 5.41 Å². The predicted octanol–water partition coefficient (Wildman–Crippen LogP) is 15.2. The second kappa shape index (κ2) is 12.7. The molecule has 3 aliphatic rings. The minimum Gasteiger partial charge on any atom is -0.455 e. The van der Waals surface area contributed by atoms with Crippen molar-refractivity contribution in [3.63, 3.8) is 0 Å². The van der Waals surface area contributed by atoms with Crippen LogP contribution in [0.25, 0.3) is 54.9 Å². The van der Waals surface area contributed by atoms with E-state index in [0.717, 1.165) is 45.8 Å². The van der Waals surface area contributed by atoms with Crippen LogP contribution >= 0.6 is 0 Å². The lowest BCUT2D eigenvalue weighted by atomic mass is 9.65. The summed E-state index contributed by atoms with van der Waals surface area (Å²) >= 11 is 0. The number of benzene rings is 10. The molecule has 60 heavy (non-hydrogen) atoms. The van der Waals surface area contributed by atoms with Crippen molar-refractivity contribution in [1.29, 1.82) is 0 Å². The van der Waals surface area contributed by atoms with E-state index >= 15 is 0 Å². The Morgan fingerprint density at radius 2 is 0.950 bits per heavy atom. The number of hydrogen-bond donors (Lipinski definition) is 0. The SMILES string of the molecule is c1ccc(N(c2ccc3c(c2)Cc2ccccc2-3)c2ccccc2-c2ccc3c(c2)-c2ccccc2C32c3ccc4ccccc4c3Oc3c2ccc2ccccc32)cc1. The quantitative estimate of drug-likeness (QED) is 0.177. The molecule has 1 spiro atoms. The fraction of sp³-hybridized carbons (Fsp3) is 0.0345. The smallest absolute Gasteiger partial charge is 0.140 e. The van der Waals surface area contributed by atoms with Crippen molar-refractivity contribution in [3.8, 4) is 44.9 Å². The first-order valence-electron chi connectivity index (χ1n) is 20.9. The first-order chi connectivity index (χ1) is 29.8. The van der Waals surface area contributed by atoms with Gasteiger partial charge in [-0.2, -0.15) is 0 Å². The van der Waals surface area contributed by atoms with E-state index in [1.165, 1.54) is 77.5 Å². The van der Waals surface area contributed by atoms with Crippen molar-refractivity contribution in [3.05, 3.63) is 246 Å². The summed E-state index contributed by atoms with van der Waals surface area (Å²) in [6.07, 6.45) is 0.943. The minimum absolute atomic E-state index is 0.584. The lowest BCUT2D eigenvalue weighted by molar-refractivity contribution is 0.447. The van der Waals surface area contributed by atoms with Gasteiger partial charge in [0.1, 0.15) is 11.5 Å². The molecule has 0 saturated heterocycles. The highest BCUT2D eigenvalue weighted by Crippen LogP contribution is 2.64. The van der Waals surface area contributed by atoms with Crippen LogP contribution in [0.15, 0.2) is 212 Å². The van der Waals surface area contributed by atoms with Crippen molar-refractivity contribution < 1.29 is 4.74 Å². The number of nitrogens with zero attached hydrogens (tertiary/aromatic N) is 1. The summed E-state index contributed by atoms with van der Waals surface area (Å²) in [5, 5.41) is 4.59. The van der Waals surface area contributed by atoms with Crippen molar-refractivity contribution in [2.75, 3.05) is 4.90 Å². The molecule has 0 amide bonds. The van der Waals surface area contributed by atoms with Crippen LogP contribution in [0.2, 0.25) is 0 Å². The Balaban J connectivity index is 1.04. The van der Waals surface area contributed by atoms with Gasteiger partial charge in [-0.25, -0.2) is 0 Å². The Hall–Kier alpha value is -7.68. The van der Waals surface area contributed by atoms with Gasteiger partial charge in [-0.3, -0.25) is 0 Å². The number of rotatable bonds is 4. The molecule has 0 bridgehead atoms. The van der Waals surface area contributed by atoms with Gasteiger partial charge in [0.15, 0.2) is 0 Å². The fourth-order valence-corrected chi connectivity index (χ4v) is 10.8. The molecule has 0 fully saturated rings. The molecule has 10 aromatic rings. The molecule has 0 unspecified atom stereocenters. The maximum atomic E-state index is 7.18. The van der Waals surface area contributed by atoms with Gasteiger partial charge in [-0.05, 0) is 104 Å². The van der Waals surface area contributed by atoms with E-state index in [4.69, 9.17) is 4.74 Å². The summed E-state index contributed by atoms with van der Waals surface area (Å²) in [5.74, 6) is 1.87. The van der Waals surface area contributed by atoms with E-state index in [1.807, 2.05) is 0 Å². The van der Waals surface area contributed by atoms with Crippen molar-refractivity contribution in [2.24, 2.45) is 0 Å². The second-order valence-corrected chi connectivity index (χ2v) is 16.3. The zero-order valence-corrected chi connectivity index (χ0v) is 32.8. The number of hydrogen-bond acceptors (Lipinski definition) is 2. The van der Waals surface area contributed by atoms with Crippen LogP contribution in [0.3, 0.4) is 0 Å². The highest BCUT2D eigenvalue weighted by molar-refractivity contribution is 6.01. The van der Waals surface area contributed by atoms with Crippen LogP contribution in [0.1, 0.15) is 33.4 Å². The number of anilines is 3. The zero-order valence-electron chi connectivity index (χ0n) is 32.8. The summed E-state index contributed by atoms with van der Waals surface area (Å²) in [6, 6.07) is 78.2. The normalized spacial score (nSPS) is 13.5. The Bertz CT molecular complexity index is 3310. The zero-order chi connectivity index (χ0) is 39.4. The Morgan fingerprint density at radius 1 is 0.367 bits per heavy atom. The first-order valence-corrected chi connectivity index (χ1v) is 20.9. The van der Waals surface area contributed by atoms with E-state index in [-0.39, 0.29) is 0 Å². The standard InChI is InChI=1S/C58H37NO/c1-2-17-42(18-3-1)59(43-29-30-45-41(35-43)34-39-16-6-7-19-44(39)45)55-25-13-11-20-46(55)40-28-31-52-50(36-40)49-23-10-12-24-51(49)58(52)53-32-26-37-14-4-8-21-47(37)56(53)60-57-48-22-9-5-15-38(48)27-33-54(57)58/h1-33,35-36H,34H2. The lowest BCUT2D eigenvalue weighted by Gasteiger charge is -2.40. The third-order valence-corrected chi connectivity index (χ3v) is 13.3. The summed E-state index contributed by atoms with van der Waals surface area (Å²) in [7, 11) is 0. The highest BCUT2D eigenvalue weighted by atomic mass is 16.5. The Labute approximate surface area is 349 Å². The van der Waals surface area contributed by atoms with Gasteiger partial charge in [-0.15, -0.1) is 0 Å². The molecule has 1 aliphatic heterocycles. The molecule has 280 valence electrons. The molecular formula is C58H37NO. The maximum absolute atomic E-state index is 7.18. The van der Waals surface area contributed by atoms with Crippen LogP contribution in [0.4, 0.5) is 17.1 Å². The lowest BCUT2D eigenvalue weighted by Crippen LogP contribution is -2.32. The van der Waals surface area contributed by atoms with Gasteiger partial charge >= 0.3 is 0 Å². The first kappa shape index (κ1) is 33.3. The largest absolute Gasteiger partial charge is 0.455 e. The summed E-state index contributed by atoms with van der Waals surface area (Å²) in [6.45, 7) is 0. The number of para-hydroxylation sites is 2. The molecule has 2 nitrogen and oxygen atoms in total. The average molecular weight is 764 g/mol. The Morgan fingerprint density at radius 3 is 1.72 bits per heavy atom. The molecule has 0 radical (unpaired) electrons. The van der Waals surface area contributed by atoms with Gasteiger partial charge in [0.25, 0.3) is 0 Å². The van der Waals surface area contributed by atoms with Gasteiger partial charge < -0.3 is 9.64 Å².